The maximum absolute atomic E-state index is 13.4. The number of nitrogens with zero attached hydrogens (tertiary/aromatic N) is 1. The first-order chi connectivity index (χ1) is 15.7. The Labute approximate surface area is 191 Å². The fraction of sp³-hybridized carbons (Fsp3) is 0.208. The van der Waals surface area contributed by atoms with Crippen molar-refractivity contribution in [2.75, 3.05) is 18.6 Å². The molecule has 0 saturated carbocycles. The molecule has 0 bridgehead atoms. The molecule has 1 aliphatic rings. The lowest BCUT2D eigenvalue weighted by Crippen LogP contribution is -2.24. The Morgan fingerprint density at radius 1 is 1.00 bits per heavy atom. The quantitative estimate of drug-likeness (QED) is 0.585. The van der Waals surface area contributed by atoms with Crippen molar-refractivity contribution in [3.63, 3.8) is 0 Å². The maximum atomic E-state index is 13.4. The van der Waals surface area contributed by atoms with Gasteiger partial charge in [0.15, 0.2) is 11.5 Å². The third-order valence-corrected chi connectivity index (χ3v) is 6.55. The highest BCUT2D eigenvalue weighted by atomic mass is 32.2. The van der Waals surface area contributed by atoms with Gasteiger partial charge in [-0.05, 0) is 72.6 Å². The summed E-state index contributed by atoms with van der Waals surface area (Å²) < 4.78 is 47.8. The van der Waals surface area contributed by atoms with E-state index in [1.807, 2.05) is 12.1 Å². The molecule has 3 aromatic rings. The number of sulfonamides is 1. The van der Waals surface area contributed by atoms with Crippen LogP contribution in [0, 0.1) is 12.7 Å². The van der Waals surface area contributed by atoms with E-state index in [9.17, 15) is 17.6 Å². The zero-order valence-electron chi connectivity index (χ0n) is 18.1. The second-order valence-electron chi connectivity index (χ2n) is 7.87. The molecule has 0 spiro atoms. The predicted molar refractivity (Wildman–Crippen MR) is 122 cm³/mol. The first kappa shape index (κ1) is 22.8. The number of benzene rings is 3. The molecule has 1 heterocycles. The molecular weight excluding hydrogens is 447 g/mol. The number of amides is 1. The van der Waals surface area contributed by atoms with Crippen LogP contribution in [-0.4, -0.2) is 28.0 Å². The average molecular weight is 471 g/mol. The van der Waals surface area contributed by atoms with Gasteiger partial charge in [0.1, 0.15) is 11.6 Å². The van der Waals surface area contributed by atoms with Gasteiger partial charge in [-0.15, -0.1) is 0 Å². The van der Waals surface area contributed by atoms with E-state index < -0.39 is 10.0 Å². The molecule has 172 valence electrons. The number of rotatable bonds is 6. The SMILES string of the molecule is COc1ccc(C2CC(=O)N(c3ccc(S(N)(=O)=O)cc3)C2)cc1Oc1ccc(F)cc1C. The highest BCUT2D eigenvalue weighted by molar-refractivity contribution is 7.89. The molecule has 33 heavy (non-hydrogen) atoms. The smallest absolute Gasteiger partial charge is 0.238 e. The van der Waals surface area contributed by atoms with Crippen LogP contribution in [0.4, 0.5) is 10.1 Å². The van der Waals surface area contributed by atoms with Gasteiger partial charge in [-0.2, -0.15) is 0 Å². The van der Waals surface area contributed by atoms with Crippen molar-refractivity contribution in [3.05, 3.63) is 77.6 Å². The largest absolute Gasteiger partial charge is 0.493 e. The van der Waals surface area contributed by atoms with Crippen molar-refractivity contribution in [1.29, 1.82) is 0 Å². The number of ether oxygens (including phenoxy) is 2. The third kappa shape index (κ3) is 4.84. The fourth-order valence-corrected chi connectivity index (χ4v) is 4.38. The van der Waals surface area contributed by atoms with Crippen molar-refractivity contribution in [2.45, 2.75) is 24.2 Å². The number of anilines is 1. The Morgan fingerprint density at radius 2 is 1.70 bits per heavy atom. The lowest BCUT2D eigenvalue weighted by Gasteiger charge is -2.18. The third-order valence-electron chi connectivity index (χ3n) is 5.62. The van der Waals surface area contributed by atoms with Crippen LogP contribution in [0.5, 0.6) is 17.2 Å². The van der Waals surface area contributed by atoms with Crippen LogP contribution in [0.1, 0.15) is 23.5 Å². The minimum atomic E-state index is -3.80. The van der Waals surface area contributed by atoms with Crippen molar-refractivity contribution in [3.8, 4) is 17.2 Å². The Hall–Kier alpha value is -3.43. The van der Waals surface area contributed by atoms with Gasteiger partial charge in [-0.25, -0.2) is 17.9 Å². The standard InChI is InChI=1S/C24H23FN2O5S/c1-15-11-18(25)4-10-21(15)32-23-12-16(3-9-22(23)31-2)17-13-24(28)27(14-17)19-5-7-20(8-6-19)33(26,29)30/h3-12,17H,13-14H2,1-2H3,(H2,26,29,30). The second kappa shape index (κ2) is 8.84. The average Bonchev–Trinajstić information content (AvgIpc) is 3.16. The minimum Gasteiger partial charge on any atom is -0.493 e. The summed E-state index contributed by atoms with van der Waals surface area (Å²) in [5, 5.41) is 5.15. The molecule has 4 rings (SSSR count). The van der Waals surface area contributed by atoms with E-state index in [0.29, 0.717) is 35.0 Å². The summed E-state index contributed by atoms with van der Waals surface area (Å²) in [5.74, 6) is 0.970. The molecule has 7 nitrogen and oxygen atoms in total. The summed E-state index contributed by atoms with van der Waals surface area (Å²) in [4.78, 5) is 14.3. The number of halogens is 1. The maximum Gasteiger partial charge on any atom is 0.238 e. The lowest BCUT2D eigenvalue weighted by atomic mass is 9.98. The van der Waals surface area contributed by atoms with Crippen molar-refractivity contribution in [2.24, 2.45) is 5.14 Å². The molecule has 0 aliphatic carbocycles. The summed E-state index contributed by atoms with van der Waals surface area (Å²) in [7, 11) is -2.27. The number of aryl methyl sites for hydroxylation is 1. The van der Waals surface area contributed by atoms with E-state index in [1.165, 1.54) is 31.4 Å². The number of methoxy groups -OCH3 is 1. The van der Waals surface area contributed by atoms with E-state index in [0.717, 1.165) is 5.56 Å². The van der Waals surface area contributed by atoms with Crippen LogP contribution in [0.25, 0.3) is 0 Å². The van der Waals surface area contributed by atoms with E-state index in [-0.39, 0.29) is 29.0 Å². The molecule has 0 aromatic heterocycles. The monoisotopic (exact) mass is 470 g/mol. The van der Waals surface area contributed by atoms with Gasteiger partial charge in [0, 0.05) is 24.6 Å². The Bertz CT molecular complexity index is 1310. The van der Waals surface area contributed by atoms with E-state index in [4.69, 9.17) is 14.6 Å². The Morgan fingerprint density at radius 3 is 2.33 bits per heavy atom. The molecule has 2 N–H and O–H groups in total. The van der Waals surface area contributed by atoms with E-state index >= 15 is 0 Å². The summed E-state index contributed by atoms with van der Waals surface area (Å²) in [6.07, 6.45) is 0.290. The van der Waals surface area contributed by atoms with E-state index in [2.05, 4.69) is 0 Å². The van der Waals surface area contributed by atoms with Crippen molar-refractivity contribution < 1.29 is 27.1 Å². The molecule has 1 saturated heterocycles. The van der Waals surface area contributed by atoms with Crippen LogP contribution in [0.2, 0.25) is 0 Å². The lowest BCUT2D eigenvalue weighted by molar-refractivity contribution is -0.117. The highest BCUT2D eigenvalue weighted by Gasteiger charge is 2.32. The molecular formula is C24H23FN2O5S. The van der Waals surface area contributed by atoms with Crippen LogP contribution in [-0.2, 0) is 14.8 Å². The molecule has 9 heteroatoms. The molecule has 1 aliphatic heterocycles. The second-order valence-corrected chi connectivity index (χ2v) is 9.43. The van der Waals surface area contributed by atoms with Crippen LogP contribution >= 0.6 is 0 Å². The van der Waals surface area contributed by atoms with Crippen molar-refractivity contribution in [1.82, 2.24) is 0 Å². The number of hydrogen-bond donors (Lipinski definition) is 1. The summed E-state index contributed by atoms with van der Waals surface area (Å²) in [6.45, 7) is 2.18. The zero-order chi connectivity index (χ0) is 23.8. The Kier molecular flexibility index (Phi) is 6.09. The predicted octanol–water partition coefficient (Wildman–Crippen LogP) is 4.10. The molecule has 1 unspecified atom stereocenters. The van der Waals surface area contributed by atoms with Gasteiger partial charge < -0.3 is 14.4 Å². The molecule has 1 fully saturated rings. The normalized spacial score (nSPS) is 16.2. The number of nitrogens with two attached hydrogens (primary N) is 1. The summed E-state index contributed by atoms with van der Waals surface area (Å²) in [6, 6.07) is 15.7. The van der Waals surface area contributed by atoms with Gasteiger partial charge >= 0.3 is 0 Å². The van der Waals surface area contributed by atoms with Crippen LogP contribution in [0.3, 0.4) is 0 Å². The van der Waals surface area contributed by atoms with Crippen molar-refractivity contribution >= 4 is 21.6 Å². The Balaban J connectivity index is 1.58. The van der Waals surface area contributed by atoms with Gasteiger partial charge in [-0.1, -0.05) is 6.07 Å². The first-order valence-electron chi connectivity index (χ1n) is 10.2. The first-order valence-corrected chi connectivity index (χ1v) is 11.8. The highest BCUT2D eigenvalue weighted by Crippen LogP contribution is 2.39. The fourth-order valence-electron chi connectivity index (χ4n) is 3.87. The summed E-state index contributed by atoms with van der Waals surface area (Å²) >= 11 is 0. The van der Waals surface area contributed by atoms with Crippen LogP contribution in [0.15, 0.2) is 65.6 Å². The minimum absolute atomic E-state index is 0.0116. The molecule has 1 atom stereocenters. The van der Waals surface area contributed by atoms with Gasteiger partial charge in [-0.3, -0.25) is 4.79 Å². The number of hydrogen-bond acceptors (Lipinski definition) is 5. The summed E-state index contributed by atoms with van der Waals surface area (Å²) in [5.41, 5.74) is 2.14. The van der Waals surface area contributed by atoms with Crippen LogP contribution < -0.4 is 19.5 Å². The topological polar surface area (TPSA) is 98.9 Å². The number of carbonyl (C=O) groups is 1. The molecule has 1 amide bonds. The van der Waals surface area contributed by atoms with Gasteiger partial charge in [0.05, 0.1) is 12.0 Å². The molecule has 3 aromatic carbocycles. The van der Waals surface area contributed by atoms with E-state index in [1.54, 1.807) is 36.1 Å². The van der Waals surface area contributed by atoms with Gasteiger partial charge in [0.2, 0.25) is 15.9 Å². The molecule has 0 radical (unpaired) electrons. The zero-order valence-corrected chi connectivity index (χ0v) is 18.9. The van der Waals surface area contributed by atoms with Gasteiger partial charge in [0.25, 0.3) is 0 Å². The number of carbonyl (C=O) groups excluding carboxylic acids is 1. The number of primary sulfonamides is 1.